The summed E-state index contributed by atoms with van der Waals surface area (Å²) in [6, 6.07) is 0. The molecule has 2 nitrogen and oxygen atoms in total. The number of unbranched alkanes of at least 4 members (excludes halogenated alkanes) is 24. The van der Waals surface area contributed by atoms with Crippen molar-refractivity contribution in [3.8, 4) is 0 Å². The highest BCUT2D eigenvalue weighted by Crippen LogP contribution is 2.14. The number of hydrogen-bond donors (Lipinski definition) is 0. The molecule has 2 heteroatoms. The fourth-order valence-corrected chi connectivity index (χ4v) is 4.48. The molecule has 0 aromatic heterocycles. The fraction of sp³-hybridized carbons (Fsp3) is 1.00. The van der Waals surface area contributed by atoms with Crippen LogP contribution in [-0.2, 0) is 9.78 Å². The van der Waals surface area contributed by atoms with Crippen molar-refractivity contribution in [1.82, 2.24) is 0 Å². The van der Waals surface area contributed by atoms with Gasteiger partial charge in [0.05, 0.1) is 13.2 Å². The maximum atomic E-state index is 5.34. The molecule has 0 unspecified atom stereocenters. The molecule has 0 amide bonds. The summed E-state index contributed by atoms with van der Waals surface area (Å²) in [6.45, 7) is 6.13. The van der Waals surface area contributed by atoms with Crippen molar-refractivity contribution in [2.24, 2.45) is 0 Å². The van der Waals surface area contributed by atoms with E-state index in [9.17, 15) is 0 Å². The van der Waals surface area contributed by atoms with E-state index in [-0.39, 0.29) is 0 Å². The van der Waals surface area contributed by atoms with Crippen LogP contribution in [0.2, 0.25) is 0 Å². The number of rotatable bonds is 29. The summed E-state index contributed by atoms with van der Waals surface area (Å²) >= 11 is 0. The Kier molecular flexibility index (Phi) is 30.8. The maximum absolute atomic E-state index is 5.34. The first-order valence-electron chi connectivity index (χ1n) is 15.2. The van der Waals surface area contributed by atoms with Gasteiger partial charge in [0.15, 0.2) is 0 Å². The molecule has 0 bridgehead atoms. The standard InChI is InChI=1S/C30H62O2/c1-3-5-7-9-11-13-15-17-18-20-22-24-26-28-30-32-31-29-27-25-23-21-19-16-14-12-10-8-6-4-2/h3-30H2,1-2H3. The first-order valence-corrected chi connectivity index (χ1v) is 15.2. The molecule has 194 valence electrons. The fourth-order valence-electron chi connectivity index (χ4n) is 4.48. The minimum absolute atomic E-state index is 0.774. The number of hydrogen-bond acceptors (Lipinski definition) is 2. The molecule has 0 atom stereocenters. The van der Waals surface area contributed by atoms with Gasteiger partial charge in [-0.15, -0.1) is 0 Å². The Bertz CT molecular complexity index is 275. The molecule has 0 saturated heterocycles. The Labute approximate surface area is 203 Å². The molecule has 0 rings (SSSR count). The lowest BCUT2D eigenvalue weighted by molar-refractivity contribution is -0.295. The van der Waals surface area contributed by atoms with Gasteiger partial charge in [-0.05, 0) is 12.8 Å². The van der Waals surface area contributed by atoms with Gasteiger partial charge in [-0.3, -0.25) is 0 Å². The van der Waals surface area contributed by atoms with Crippen LogP contribution in [0, 0.1) is 0 Å². The Morgan fingerprint density at radius 3 is 0.656 bits per heavy atom. The smallest absolute Gasteiger partial charge is 0.0822 e. The van der Waals surface area contributed by atoms with Crippen molar-refractivity contribution >= 4 is 0 Å². The third-order valence-corrected chi connectivity index (χ3v) is 6.75. The van der Waals surface area contributed by atoms with Crippen molar-refractivity contribution in [3.63, 3.8) is 0 Å². The van der Waals surface area contributed by atoms with E-state index in [2.05, 4.69) is 13.8 Å². The zero-order chi connectivity index (χ0) is 23.2. The molecule has 0 aromatic rings. The quantitative estimate of drug-likeness (QED) is 0.0635. The molecule has 0 radical (unpaired) electrons. The van der Waals surface area contributed by atoms with Gasteiger partial charge >= 0.3 is 0 Å². The zero-order valence-electron chi connectivity index (χ0n) is 22.6. The van der Waals surface area contributed by atoms with Gasteiger partial charge in [0.2, 0.25) is 0 Å². The van der Waals surface area contributed by atoms with Crippen LogP contribution < -0.4 is 0 Å². The monoisotopic (exact) mass is 454 g/mol. The van der Waals surface area contributed by atoms with E-state index in [0.717, 1.165) is 26.1 Å². The van der Waals surface area contributed by atoms with Crippen molar-refractivity contribution in [3.05, 3.63) is 0 Å². The van der Waals surface area contributed by atoms with Gasteiger partial charge < -0.3 is 0 Å². The van der Waals surface area contributed by atoms with E-state index in [0.29, 0.717) is 0 Å². The summed E-state index contributed by atoms with van der Waals surface area (Å²) in [6.07, 6.45) is 36.2. The predicted molar refractivity (Wildman–Crippen MR) is 143 cm³/mol. The molecule has 0 aliphatic heterocycles. The normalized spacial score (nSPS) is 11.4. The van der Waals surface area contributed by atoms with Gasteiger partial charge in [0, 0.05) is 0 Å². The molecular weight excluding hydrogens is 392 g/mol. The van der Waals surface area contributed by atoms with Gasteiger partial charge in [0.1, 0.15) is 0 Å². The largest absolute Gasteiger partial charge is 0.237 e. The van der Waals surface area contributed by atoms with E-state index in [1.165, 1.54) is 154 Å². The van der Waals surface area contributed by atoms with Crippen LogP contribution in [-0.4, -0.2) is 13.2 Å². The second-order valence-electron chi connectivity index (χ2n) is 10.1. The highest BCUT2D eigenvalue weighted by molar-refractivity contribution is 4.50. The van der Waals surface area contributed by atoms with E-state index in [1.807, 2.05) is 0 Å². The molecule has 0 aliphatic rings. The summed E-state index contributed by atoms with van der Waals surface area (Å²) in [4.78, 5) is 10.7. The average Bonchev–Trinajstić information content (AvgIpc) is 2.81. The topological polar surface area (TPSA) is 18.5 Å². The molecule has 0 heterocycles. The lowest BCUT2D eigenvalue weighted by Crippen LogP contribution is -1.99. The van der Waals surface area contributed by atoms with Crippen LogP contribution in [0.4, 0.5) is 0 Å². The highest BCUT2D eigenvalue weighted by Gasteiger charge is 1.96. The Hall–Kier alpha value is -0.0800. The van der Waals surface area contributed by atoms with Crippen LogP contribution in [0.1, 0.15) is 181 Å². The summed E-state index contributed by atoms with van der Waals surface area (Å²) in [7, 11) is 0. The third kappa shape index (κ3) is 29.9. The molecule has 0 aromatic carbocycles. The van der Waals surface area contributed by atoms with Gasteiger partial charge in [-0.2, -0.15) is 0 Å². The Morgan fingerprint density at radius 2 is 0.438 bits per heavy atom. The van der Waals surface area contributed by atoms with Crippen molar-refractivity contribution in [2.75, 3.05) is 13.2 Å². The second kappa shape index (κ2) is 30.9. The summed E-state index contributed by atoms with van der Waals surface area (Å²) in [5, 5.41) is 0. The lowest BCUT2D eigenvalue weighted by Gasteiger charge is -2.05. The van der Waals surface area contributed by atoms with Gasteiger partial charge in [-0.25, -0.2) is 9.78 Å². The van der Waals surface area contributed by atoms with Crippen molar-refractivity contribution in [1.29, 1.82) is 0 Å². The second-order valence-corrected chi connectivity index (χ2v) is 10.1. The van der Waals surface area contributed by atoms with Crippen LogP contribution >= 0.6 is 0 Å². The molecule has 0 fully saturated rings. The molecule has 0 N–H and O–H groups in total. The van der Waals surface area contributed by atoms with Crippen LogP contribution in [0.5, 0.6) is 0 Å². The van der Waals surface area contributed by atoms with Gasteiger partial charge in [0.25, 0.3) is 0 Å². The maximum Gasteiger partial charge on any atom is 0.0822 e. The summed E-state index contributed by atoms with van der Waals surface area (Å²) in [5.74, 6) is 0. The minimum Gasteiger partial charge on any atom is -0.237 e. The molecular formula is C30H62O2. The van der Waals surface area contributed by atoms with E-state index >= 15 is 0 Å². The first kappa shape index (κ1) is 31.9. The lowest BCUT2D eigenvalue weighted by atomic mass is 10.0. The SMILES string of the molecule is CCCCCCCCCCCCCCCCOOCCCCCCCCCCCCCC. The predicted octanol–water partition coefficient (Wildman–Crippen LogP) is 11.1. The van der Waals surface area contributed by atoms with Crippen molar-refractivity contribution in [2.45, 2.75) is 181 Å². The highest BCUT2D eigenvalue weighted by atomic mass is 17.2. The van der Waals surface area contributed by atoms with E-state index in [1.54, 1.807) is 0 Å². The minimum atomic E-state index is 0.774. The van der Waals surface area contributed by atoms with E-state index in [4.69, 9.17) is 9.78 Å². The first-order chi connectivity index (χ1) is 15.9. The Balaban J connectivity index is 2.98. The molecule has 32 heavy (non-hydrogen) atoms. The summed E-state index contributed by atoms with van der Waals surface area (Å²) < 4.78 is 0. The summed E-state index contributed by atoms with van der Waals surface area (Å²) in [5.41, 5.74) is 0. The molecule has 0 aliphatic carbocycles. The zero-order valence-corrected chi connectivity index (χ0v) is 22.6. The molecule has 0 saturated carbocycles. The van der Waals surface area contributed by atoms with Gasteiger partial charge in [-0.1, -0.05) is 168 Å². The van der Waals surface area contributed by atoms with E-state index < -0.39 is 0 Å². The van der Waals surface area contributed by atoms with Crippen LogP contribution in [0.3, 0.4) is 0 Å². The molecule has 0 spiro atoms. The Morgan fingerprint density at radius 1 is 0.250 bits per heavy atom. The third-order valence-electron chi connectivity index (χ3n) is 6.75. The van der Waals surface area contributed by atoms with Crippen LogP contribution in [0.15, 0.2) is 0 Å². The van der Waals surface area contributed by atoms with Crippen LogP contribution in [0.25, 0.3) is 0 Å². The average molecular weight is 455 g/mol. The van der Waals surface area contributed by atoms with Crippen molar-refractivity contribution < 1.29 is 9.78 Å².